The van der Waals surface area contributed by atoms with Crippen molar-refractivity contribution in [3.63, 3.8) is 0 Å². The van der Waals surface area contributed by atoms with Gasteiger partial charge in [-0.25, -0.2) is 0 Å². The van der Waals surface area contributed by atoms with Crippen LogP contribution in [0.25, 0.3) is 0 Å². The summed E-state index contributed by atoms with van der Waals surface area (Å²) in [6.07, 6.45) is 2.26. The fourth-order valence-electron chi connectivity index (χ4n) is 1.73. The molecule has 1 heterocycles. The zero-order chi connectivity index (χ0) is 11.3. The average Bonchev–Trinajstić information content (AvgIpc) is 2.59. The zero-order valence-electron chi connectivity index (χ0n) is 9.97. The highest BCUT2D eigenvalue weighted by Crippen LogP contribution is 2.26. The number of thiophene rings is 1. The topological polar surface area (TPSA) is 12.0 Å². The molecule has 1 aromatic rings. The highest BCUT2D eigenvalue weighted by molar-refractivity contribution is 7.08. The predicted molar refractivity (Wildman–Crippen MR) is 69.5 cm³/mol. The van der Waals surface area contributed by atoms with Gasteiger partial charge in [-0.05, 0) is 55.1 Å². The van der Waals surface area contributed by atoms with Crippen LogP contribution < -0.4 is 5.32 Å². The summed E-state index contributed by atoms with van der Waals surface area (Å²) in [6.45, 7) is 11.4. The van der Waals surface area contributed by atoms with Gasteiger partial charge in [0.1, 0.15) is 0 Å². The minimum atomic E-state index is 0.498. The maximum Gasteiger partial charge on any atom is 0.0334 e. The van der Waals surface area contributed by atoms with Gasteiger partial charge in [-0.1, -0.05) is 12.5 Å². The van der Waals surface area contributed by atoms with Crippen molar-refractivity contribution in [2.24, 2.45) is 0 Å². The number of rotatable bonds is 6. The summed E-state index contributed by atoms with van der Waals surface area (Å²) in [4.78, 5) is 0. The number of hydrogen-bond donors (Lipinski definition) is 1. The fourth-order valence-corrected chi connectivity index (χ4v) is 2.64. The van der Waals surface area contributed by atoms with E-state index in [1.807, 2.05) is 0 Å². The molecule has 1 N–H and O–H groups in total. The van der Waals surface area contributed by atoms with Crippen LogP contribution >= 0.6 is 11.3 Å². The van der Waals surface area contributed by atoms with E-state index in [9.17, 15) is 0 Å². The zero-order valence-corrected chi connectivity index (χ0v) is 10.8. The van der Waals surface area contributed by atoms with Crippen molar-refractivity contribution in [3.05, 3.63) is 34.0 Å². The van der Waals surface area contributed by atoms with Gasteiger partial charge in [-0.15, -0.1) is 6.58 Å². The number of nitrogens with one attached hydrogen (secondary N) is 1. The standard InChI is InChI=1S/C13H21NS/c1-5-14-13(7-6-10(2)3)12-9-15-8-11(12)4/h8-9,13-14H,2,5-7H2,1,3-4H3. The molecule has 0 fully saturated rings. The molecule has 0 radical (unpaired) electrons. The summed E-state index contributed by atoms with van der Waals surface area (Å²) < 4.78 is 0. The lowest BCUT2D eigenvalue weighted by Crippen LogP contribution is -2.21. The molecule has 0 amide bonds. The molecule has 0 aliphatic carbocycles. The second-order valence-corrected chi connectivity index (χ2v) is 4.86. The van der Waals surface area contributed by atoms with E-state index in [4.69, 9.17) is 0 Å². The maximum absolute atomic E-state index is 3.97. The van der Waals surface area contributed by atoms with Crippen LogP contribution in [0.4, 0.5) is 0 Å². The maximum atomic E-state index is 3.97. The smallest absolute Gasteiger partial charge is 0.0334 e. The van der Waals surface area contributed by atoms with Gasteiger partial charge in [0.2, 0.25) is 0 Å². The van der Waals surface area contributed by atoms with Gasteiger partial charge in [0, 0.05) is 6.04 Å². The third-order valence-electron chi connectivity index (χ3n) is 2.58. The Balaban J connectivity index is 2.65. The third-order valence-corrected chi connectivity index (χ3v) is 3.46. The molecule has 0 bridgehead atoms. The normalized spacial score (nSPS) is 12.7. The van der Waals surface area contributed by atoms with Gasteiger partial charge in [-0.2, -0.15) is 11.3 Å². The lowest BCUT2D eigenvalue weighted by atomic mass is 10.00. The summed E-state index contributed by atoms with van der Waals surface area (Å²) in [5.74, 6) is 0. The van der Waals surface area contributed by atoms with E-state index in [1.165, 1.54) is 16.7 Å². The number of allylic oxidation sites excluding steroid dienone is 1. The van der Waals surface area contributed by atoms with Crippen LogP contribution in [-0.2, 0) is 0 Å². The molecular weight excluding hydrogens is 202 g/mol. The number of hydrogen-bond acceptors (Lipinski definition) is 2. The first-order valence-electron chi connectivity index (χ1n) is 5.55. The van der Waals surface area contributed by atoms with Crippen LogP contribution in [-0.4, -0.2) is 6.54 Å². The minimum absolute atomic E-state index is 0.498. The molecule has 0 saturated heterocycles. The van der Waals surface area contributed by atoms with Crippen LogP contribution in [0, 0.1) is 6.92 Å². The SMILES string of the molecule is C=C(C)CCC(NCC)c1cscc1C. The Morgan fingerprint density at radius 2 is 2.27 bits per heavy atom. The Kier molecular flexibility index (Phi) is 5.06. The fraction of sp³-hybridized carbons (Fsp3) is 0.538. The van der Waals surface area contributed by atoms with Gasteiger partial charge in [0.25, 0.3) is 0 Å². The molecular formula is C13H21NS. The Morgan fingerprint density at radius 3 is 2.73 bits per heavy atom. The molecule has 1 atom stereocenters. The van der Waals surface area contributed by atoms with Crippen LogP contribution in [0.2, 0.25) is 0 Å². The molecule has 0 aliphatic heterocycles. The van der Waals surface area contributed by atoms with Crippen molar-refractivity contribution in [1.29, 1.82) is 0 Å². The molecule has 0 aliphatic rings. The second-order valence-electron chi connectivity index (χ2n) is 4.12. The summed E-state index contributed by atoms with van der Waals surface area (Å²) >= 11 is 1.79. The summed E-state index contributed by atoms with van der Waals surface area (Å²) in [5.41, 5.74) is 4.14. The Morgan fingerprint density at radius 1 is 1.53 bits per heavy atom. The van der Waals surface area contributed by atoms with Crippen molar-refractivity contribution in [2.45, 2.75) is 39.7 Å². The van der Waals surface area contributed by atoms with E-state index in [2.05, 4.69) is 43.4 Å². The van der Waals surface area contributed by atoms with Crippen molar-refractivity contribution < 1.29 is 0 Å². The first-order valence-corrected chi connectivity index (χ1v) is 6.49. The molecule has 84 valence electrons. The van der Waals surface area contributed by atoms with E-state index < -0.39 is 0 Å². The summed E-state index contributed by atoms with van der Waals surface area (Å²) in [5, 5.41) is 8.03. The van der Waals surface area contributed by atoms with Crippen molar-refractivity contribution in [3.8, 4) is 0 Å². The highest BCUT2D eigenvalue weighted by Gasteiger charge is 2.12. The summed E-state index contributed by atoms with van der Waals surface area (Å²) in [7, 11) is 0. The lowest BCUT2D eigenvalue weighted by molar-refractivity contribution is 0.514. The summed E-state index contributed by atoms with van der Waals surface area (Å²) in [6, 6.07) is 0.498. The predicted octanol–water partition coefficient (Wildman–Crippen LogP) is 4.06. The van der Waals surface area contributed by atoms with Crippen LogP contribution in [0.1, 0.15) is 43.9 Å². The Labute approximate surface area is 97.2 Å². The van der Waals surface area contributed by atoms with Gasteiger partial charge in [0.15, 0.2) is 0 Å². The van der Waals surface area contributed by atoms with Crippen LogP contribution in [0.3, 0.4) is 0 Å². The van der Waals surface area contributed by atoms with Crippen LogP contribution in [0.15, 0.2) is 22.9 Å². The first kappa shape index (κ1) is 12.5. The van der Waals surface area contributed by atoms with Gasteiger partial charge in [-0.3, -0.25) is 0 Å². The molecule has 2 heteroatoms. The average molecular weight is 223 g/mol. The lowest BCUT2D eigenvalue weighted by Gasteiger charge is -2.18. The molecule has 1 nitrogen and oxygen atoms in total. The largest absolute Gasteiger partial charge is 0.310 e. The third kappa shape index (κ3) is 3.80. The van der Waals surface area contributed by atoms with Crippen molar-refractivity contribution >= 4 is 11.3 Å². The minimum Gasteiger partial charge on any atom is -0.310 e. The molecule has 0 spiro atoms. The van der Waals surface area contributed by atoms with E-state index >= 15 is 0 Å². The Bertz CT molecular complexity index is 314. The van der Waals surface area contributed by atoms with Crippen molar-refractivity contribution in [1.82, 2.24) is 5.32 Å². The van der Waals surface area contributed by atoms with Crippen LogP contribution in [0.5, 0.6) is 0 Å². The number of aryl methyl sites for hydroxylation is 1. The van der Waals surface area contributed by atoms with E-state index in [0.29, 0.717) is 6.04 Å². The molecule has 1 unspecified atom stereocenters. The van der Waals surface area contributed by atoms with E-state index in [-0.39, 0.29) is 0 Å². The Hall–Kier alpha value is -0.600. The highest BCUT2D eigenvalue weighted by atomic mass is 32.1. The van der Waals surface area contributed by atoms with Gasteiger partial charge in [0.05, 0.1) is 0 Å². The quantitative estimate of drug-likeness (QED) is 0.717. The molecule has 0 saturated carbocycles. The van der Waals surface area contributed by atoms with Gasteiger partial charge >= 0.3 is 0 Å². The monoisotopic (exact) mass is 223 g/mol. The molecule has 15 heavy (non-hydrogen) atoms. The van der Waals surface area contributed by atoms with E-state index in [1.54, 1.807) is 11.3 Å². The van der Waals surface area contributed by atoms with E-state index in [0.717, 1.165) is 19.4 Å². The van der Waals surface area contributed by atoms with Gasteiger partial charge < -0.3 is 5.32 Å². The second kappa shape index (κ2) is 6.09. The van der Waals surface area contributed by atoms with Crippen molar-refractivity contribution in [2.75, 3.05) is 6.54 Å². The first-order chi connectivity index (χ1) is 7.15. The molecule has 1 rings (SSSR count). The molecule has 1 aromatic heterocycles. The molecule has 0 aromatic carbocycles.